The van der Waals surface area contributed by atoms with Crippen LogP contribution < -0.4 is 0 Å². The van der Waals surface area contributed by atoms with Gasteiger partial charge in [0.1, 0.15) is 0 Å². The maximum atomic E-state index is 9.74. The number of ether oxygens (including phenoxy) is 2. The number of unbranched alkanes of at least 4 members (excludes halogenated alkanes) is 8. The zero-order valence-corrected chi connectivity index (χ0v) is 16.9. The van der Waals surface area contributed by atoms with E-state index >= 15 is 0 Å². The van der Waals surface area contributed by atoms with Gasteiger partial charge < -0.3 is 14.6 Å². The van der Waals surface area contributed by atoms with E-state index < -0.39 is 0 Å². The maximum absolute atomic E-state index is 9.74. The highest BCUT2D eigenvalue weighted by molar-refractivity contribution is 5.16. The quantitative estimate of drug-likeness (QED) is 0.314. The van der Waals surface area contributed by atoms with Gasteiger partial charge in [-0.25, -0.2) is 0 Å². The predicted molar refractivity (Wildman–Crippen MR) is 109 cm³/mol. The molecule has 0 amide bonds. The van der Waals surface area contributed by atoms with Crippen LogP contribution in [0.15, 0.2) is 12.2 Å². The zero-order chi connectivity index (χ0) is 18.7. The summed E-state index contributed by atoms with van der Waals surface area (Å²) >= 11 is 0. The Bertz CT molecular complexity index is 388. The average molecular weight is 365 g/mol. The molecule has 3 nitrogen and oxygen atoms in total. The minimum absolute atomic E-state index is 0.0637. The lowest BCUT2D eigenvalue weighted by atomic mass is 10.1. The molecule has 1 aliphatic rings. The summed E-state index contributed by atoms with van der Waals surface area (Å²) in [4.78, 5) is 0. The van der Waals surface area contributed by atoms with Crippen LogP contribution in [-0.4, -0.2) is 30.7 Å². The number of hydrogen-bond donors (Lipinski definition) is 1. The van der Waals surface area contributed by atoms with E-state index in [1.54, 1.807) is 0 Å². The van der Waals surface area contributed by atoms with Crippen LogP contribution in [0.1, 0.15) is 96.8 Å². The van der Waals surface area contributed by atoms with E-state index in [2.05, 4.69) is 18.8 Å². The van der Waals surface area contributed by atoms with Crippen LogP contribution in [0.25, 0.3) is 0 Å². The van der Waals surface area contributed by atoms with Crippen LogP contribution in [0.3, 0.4) is 0 Å². The Hall–Kier alpha value is -0.820. The summed E-state index contributed by atoms with van der Waals surface area (Å²) < 4.78 is 11.3. The van der Waals surface area contributed by atoms with Crippen LogP contribution in [0, 0.1) is 11.8 Å². The third kappa shape index (κ3) is 14.4. The summed E-state index contributed by atoms with van der Waals surface area (Å²) in [6.45, 7) is 3.88. The largest absolute Gasteiger partial charge is 0.389 e. The highest BCUT2D eigenvalue weighted by Crippen LogP contribution is 2.14. The highest BCUT2D eigenvalue weighted by atomic mass is 16.7. The first-order chi connectivity index (χ1) is 12.8. The van der Waals surface area contributed by atoms with Gasteiger partial charge in [-0.3, -0.25) is 0 Å². The summed E-state index contributed by atoms with van der Waals surface area (Å²) in [7, 11) is 0. The molecule has 2 unspecified atom stereocenters. The van der Waals surface area contributed by atoms with E-state index in [4.69, 9.17) is 9.47 Å². The lowest BCUT2D eigenvalue weighted by Crippen LogP contribution is -2.22. The van der Waals surface area contributed by atoms with Crippen LogP contribution in [0.5, 0.6) is 0 Å². The molecule has 150 valence electrons. The Balaban J connectivity index is 1.83. The lowest BCUT2D eigenvalue weighted by Gasteiger charge is -2.22. The van der Waals surface area contributed by atoms with Crippen molar-refractivity contribution in [2.75, 3.05) is 13.2 Å². The fourth-order valence-corrected chi connectivity index (χ4v) is 3.07. The average Bonchev–Trinajstić information content (AvgIpc) is 2.66. The molecule has 0 aromatic carbocycles. The van der Waals surface area contributed by atoms with Crippen molar-refractivity contribution in [2.45, 2.75) is 109 Å². The predicted octanol–water partition coefficient (Wildman–Crippen LogP) is 5.76. The second-order valence-corrected chi connectivity index (χ2v) is 7.28. The SMILES string of the molecule is CCCCCC(O)/C=C/C#CCCCCCCCCOC1CCCCO1. The van der Waals surface area contributed by atoms with E-state index in [-0.39, 0.29) is 12.4 Å². The van der Waals surface area contributed by atoms with Crippen molar-refractivity contribution in [1.29, 1.82) is 0 Å². The molecule has 2 atom stereocenters. The first-order valence-electron chi connectivity index (χ1n) is 10.9. The molecule has 1 fully saturated rings. The molecule has 26 heavy (non-hydrogen) atoms. The lowest BCUT2D eigenvalue weighted by molar-refractivity contribution is -0.162. The van der Waals surface area contributed by atoms with Crippen molar-refractivity contribution >= 4 is 0 Å². The van der Waals surface area contributed by atoms with Crippen molar-refractivity contribution in [3.05, 3.63) is 12.2 Å². The fraction of sp³-hybridized carbons (Fsp3) is 0.826. The number of allylic oxidation sites excluding steroid dienone is 1. The second-order valence-electron chi connectivity index (χ2n) is 7.28. The molecule has 0 spiro atoms. The topological polar surface area (TPSA) is 38.7 Å². The van der Waals surface area contributed by atoms with E-state index in [0.717, 1.165) is 45.3 Å². The first-order valence-corrected chi connectivity index (χ1v) is 10.9. The molecule has 1 heterocycles. The van der Waals surface area contributed by atoms with Gasteiger partial charge in [-0.1, -0.05) is 63.7 Å². The highest BCUT2D eigenvalue weighted by Gasteiger charge is 2.13. The van der Waals surface area contributed by atoms with Gasteiger partial charge in [0, 0.05) is 19.6 Å². The molecule has 1 N–H and O–H groups in total. The molecule has 1 aliphatic heterocycles. The van der Waals surface area contributed by atoms with Crippen molar-refractivity contribution < 1.29 is 14.6 Å². The fourth-order valence-electron chi connectivity index (χ4n) is 3.07. The van der Waals surface area contributed by atoms with E-state index in [1.165, 1.54) is 57.8 Å². The molecule has 1 rings (SSSR count). The molecule has 0 radical (unpaired) electrons. The maximum Gasteiger partial charge on any atom is 0.157 e. The van der Waals surface area contributed by atoms with Gasteiger partial charge >= 0.3 is 0 Å². The smallest absolute Gasteiger partial charge is 0.157 e. The molecule has 0 bridgehead atoms. The van der Waals surface area contributed by atoms with Crippen molar-refractivity contribution in [3.63, 3.8) is 0 Å². The van der Waals surface area contributed by atoms with Gasteiger partial charge in [-0.05, 0) is 50.7 Å². The third-order valence-electron chi connectivity index (χ3n) is 4.74. The normalized spacial score (nSPS) is 18.6. The molecule has 0 aliphatic carbocycles. The summed E-state index contributed by atoms with van der Waals surface area (Å²) in [5.74, 6) is 6.21. The molecule has 3 heteroatoms. The standard InChI is InChI=1S/C23H40O3/c1-2-3-12-17-22(24)18-13-10-8-6-4-5-7-9-11-15-20-25-23-19-14-16-21-26-23/h13,18,22-24H,2-7,9,11-12,14-17,19-21H2,1H3/b18-13+. The van der Waals surface area contributed by atoms with Crippen LogP contribution in [0.2, 0.25) is 0 Å². The summed E-state index contributed by atoms with van der Waals surface area (Å²) in [5.41, 5.74) is 0. The molecular formula is C23H40O3. The summed E-state index contributed by atoms with van der Waals surface area (Å²) in [6.07, 6.45) is 19.5. The minimum Gasteiger partial charge on any atom is -0.389 e. The number of aliphatic hydroxyl groups excluding tert-OH is 1. The Morgan fingerprint density at radius 3 is 2.65 bits per heavy atom. The number of hydrogen-bond acceptors (Lipinski definition) is 3. The van der Waals surface area contributed by atoms with Crippen molar-refractivity contribution in [3.8, 4) is 11.8 Å². The van der Waals surface area contributed by atoms with Gasteiger partial charge in [-0.15, -0.1) is 0 Å². The summed E-state index contributed by atoms with van der Waals surface area (Å²) in [6, 6.07) is 0. The second kappa shape index (κ2) is 17.6. The molecule has 0 saturated carbocycles. The van der Waals surface area contributed by atoms with Crippen LogP contribution in [-0.2, 0) is 9.47 Å². The Morgan fingerprint density at radius 1 is 1.08 bits per heavy atom. The van der Waals surface area contributed by atoms with Crippen molar-refractivity contribution in [1.82, 2.24) is 0 Å². The van der Waals surface area contributed by atoms with Gasteiger partial charge in [0.15, 0.2) is 6.29 Å². The summed E-state index contributed by atoms with van der Waals surface area (Å²) in [5, 5.41) is 9.74. The molecule has 1 saturated heterocycles. The monoisotopic (exact) mass is 364 g/mol. The number of aliphatic hydroxyl groups is 1. The molecular weight excluding hydrogens is 324 g/mol. The van der Waals surface area contributed by atoms with Gasteiger partial charge in [0.05, 0.1) is 6.10 Å². The Kier molecular flexibility index (Phi) is 15.7. The third-order valence-corrected chi connectivity index (χ3v) is 4.74. The number of rotatable bonds is 14. The van der Waals surface area contributed by atoms with E-state index in [1.807, 2.05) is 12.2 Å². The molecule has 0 aromatic rings. The Labute approximate surface area is 161 Å². The van der Waals surface area contributed by atoms with Gasteiger partial charge in [0.25, 0.3) is 0 Å². The van der Waals surface area contributed by atoms with E-state index in [9.17, 15) is 5.11 Å². The van der Waals surface area contributed by atoms with E-state index in [0.29, 0.717) is 0 Å². The van der Waals surface area contributed by atoms with Gasteiger partial charge in [-0.2, -0.15) is 0 Å². The van der Waals surface area contributed by atoms with Crippen LogP contribution >= 0.6 is 0 Å². The zero-order valence-electron chi connectivity index (χ0n) is 16.9. The Morgan fingerprint density at radius 2 is 1.88 bits per heavy atom. The van der Waals surface area contributed by atoms with Crippen LogP contribution in [0.4, 0.5) is 0 Å². The molecule has 0 aromatic heterocycles. The van der Waals surface area contributed by atoms with Crippen molar-refractivity contribution in [2.24, 2.45) is 0 Å². The minimum atomic E-state index is -0.329. The van der Waals surface area contributed by atoms with Gasteiger partial charge in [0.2, 0.25) is 0 Å². The first kappa shape index (κ1) is 23.2.